The molecule has 0 saturated carbocycles. The van der Waals surface area contributed by atoms with Crippen LogP contribution in [0.5, 0.6) is 0 Å². The van der Waals surface area contributed by atoms with Crippen LogP contribution in [0.2, 0.25) is 0 Å². The van der Waals surface area contributed by atoms with Crippen molar-refractivity contribution in [3.63, 3.8) is 0 Å². The molecule has 1 heterocycles. The largest absolute Gasteiger partial charge is 0.322 e. The summed E-state index contributed by atoms with van der Waals surface area (Å²) in [7, 11) is -7.36. The van der Waals surface area contributed by atoms with Crippen LogP contribution in [0, 0.1) is 0 Å². The molecule has 1 saturated heterocycles. The number of anilines is 2. The maximum atomic E-state index is 12.9. The topological polar surface area (TPSA) is 113 Å². The van der Waals surface area contributed by atoms with Gasteiger partial charge in [-0.05, 0) is 67.4 Å². The molecule has 184 valence electrons. The van der Waals surface area contributed by atoms with Crippen LogP contribution >= 0.6 is 0 Å². The van der Waals surface area contributed by atoms with Gasteiger partial charge >= 0.3 is 0 Å². The second-order valence-electron chi connectivity index (χ2n) is 8.30. The molecule has 0 aromatic heterocycles. The normalized spacial score (nSPS) is 15.2. The van der Waals surface area contributed by atoms with Crippen molar-refractivity contribution in [1.82, 2.24) is 4.31 Å². The first-order valence-corrected chi connectivity index (χ1v) is 14.3. The van der Waals surface area contributed by atoms with Gasteiger partial charge in [-0.2, -0.15) is 4.31 Å². The number of rotatable bonds is 7. The zero-order valence-corrected chi connectivity index (χ0v) is 20.7. The first-order chi connectivity index (χ1) is 16.8. The number of nitrogens with zero attached hydrogens (tertiary/aromatic N) is 1. The Morgan fingerprint density at radius 3 is 2.00 bits per heavy atom. The van der Waals surface area contributed by atoms with E-state index in [0.29, 0.717) is 18.8 Å². The summed E-state index contributed by atoms with van der Waals surface area (Å²) in [6, 6.07) is 20.1. The summed E-state index contributed by atoms with van der Waals surface area (Å²) in [4.78, 5) is 13.1. The van der Waals surface area contributed by atoms with Crippen molar-refractivity contribution >= 4 is 37.3 Å². The zero-order chi connectivity index (χ0) is 24.9. The predicted octanol–water partition coefficient (Wildman–Crippen LogP) is 4.30. The molecule has 0 bridgehead atoms. The Balaban J connectivity index is 1.45. The average Bonchev–Trinajstić information content (AvgIpc) is 3.15. The molecule has 0 atom stereocenters. The summed E-state index contributed by atoms with van der Waals surface area (Å²) >= 11 is 0. The third-order valence-corrected chi connectivity index (χ3v) is 9.06. The number of hydrogen-bond donors (Lipinski definition) is 2. The highest BCUT2D eigenvalue weighted by Crippen LogP contribution is 2.23. The van der Waals surface area contributed by atoms with Crippen molar-refractivity contribution in [3.8, 4) is 0 Å². The summed E-state index contributed by atoms with van der Waals surface area (Å²) in [6.07, 6.45) is 3.78. The van der Waals surface area contributed by atoms with Crippen molar-refractivity contribution in [1.29, 1.82) is 0 Å². The molecule has 2 N–H and O–H groups in total. The minimum absolute atomic E-state index is 0.116. The maximum Gasteiger partial charge on any atom is 0.261 e. The second kappa shape index (κ2) is 10.6. The molecular formula is C25H27N3O5S2. The Labute approximate surface area is 206 Å². The Bertz CT molecular complexity index is 1380. The van der Waals surface area contributed by atoms with Gasteiger partial charge < -0.3 is 5.32 Å². The van der Waals surface area contributed by atoms with E-state index in [1.807, 2.05) is 0 Å². The Morgan fingerprint density at radius 2 is 1.34 bits per heavy atom. The van der Waals surface area contributed by atoms with Crippen LogP contribution in [-0.2, 0) is 20.0 Å². The minimum atomic E-state index is -3.79. The number of carbonyl (C=O) groups excluding carboxylic acids is 1. The molecule has 3 aromatic rings. The monoisotopic (exact) mass is 513 g/mol. The van der Waals surface area contributed by atoms with Gasteiger partial charge in [0.25, 0.3) is 15.9 Å². The fraction of sp³-hybridized carbons (Fsp3) is 0.240. The van der Waals surface area contributed by atoms with Crippen molar-refractivity contribution in [3.05, 3.63) is 84.4 Å². The Hall–Kier alpha value is -3.21. The third-order valence-electron chi connectivity index (χ3n) is 5.75. The summed E-state index contributed by atoms with van der Waals surface area (Å²) in [5.41, 5.74) is 0.931. The number of carbonyl (C=O) groups is 1. The molecule has 1 fully saturated rings. The lowest BCUT2D eigenvalue weighted by atomic mass is 10.2. The minimum Gasteiger partial charge on any atom is -0.322 e. The Morgan fingerprint density at radius 1 is 0.686 bits per heavy atom. The van der Waals surface area contributed by atoms with Crippen molar-refractivity contribution in [2.45, 2.75) is 35.5 Å². The number of sulfonamides is 2. The predicted molar refractivity (Wildman–Crippen MR) is 135 cm³/mol. The first-order valence-electron chi connectivity index (χ1n) is 11.4. The highest BCUT2D eigenvalue weighted by molar-refractivity contribution is 7.92. The molecule has 1 aliphatic rings. The number of nitrogens with one attached hydrogen (secondary N) is 2. The Kier molecular flexibility index (Phi) is 7.54. The lowest BCUT2D eigenvalue weighted by molar-refractivity contribution is 0.102. The van der Waals surface area contributed by atoms with Gasteiger partial charge in [0.1, 0.15) is 0 Å². The van der Waals surface area contributed by atoms with Crippen molar-refractivity contribution < 1.29 is 21.6 Å². The van der Waals surface area contributed by atoms with E-state index in [2.05, 4.69) is 10.0 Å². The summed E-state index contributed by atoms with van der Waals surface area (Å²) in [5.74, 6) is -0.450. The summed E-state index contributed by atoms with van der Waals surface area (Å²) in [5, 5.41) is 2.72. The van der Waals surface area contributed by atoms with E-state index in [1.54, 1.807) is 48.5 Å². The number of amides is 1. The van der Waals surface area contributed by atoms with Crippen LogP contribution < -0.4 is 10.0 Å². The average molecular weight is 514 g/mol. The van der Waals surface area contributed by atoms with Crippen LogP contribution in [0.3, 0.4) is 0 Å². The van der Waals surface area contributed by atoms with Crippen molar-refractivity contribution in [2.24, 2.45) is 0 Å². The standard InChI is InChI=1S/C25H27N3O5S2/c29-25(20-9-8-10-22(19-20)27-34(30,31)23-11-4-3-5-12-23)26-21-13-15-24(16-14-21)35(32,33)28-17-6-1-2-7-18-28/h3-5,8-16,19,27H,1-2,6-7,17-18H2,(H,26,29). The van der Waals surface area contributed by atoms with Gasteiger partial charge in [0.05, 0.1) is 9.79 Å². The van der Waals surface area contributed by atoms with E-state index in [1.165, 1.54) is 34.6 Å². The van der Waals surface area contributed by atoms with Gasteiger partial charge in [0, 0.05) is 30.0 Å². The van der Waals surface area contributed by atoms with E-state index in [4.69, 9.17) is 0 Å². The molecule has 8 nitrogen and oxygen atoms in total. The van der Waals surface area contributed by atoms with Gasteiger partial charge in [-0.1, -0.05) is 37.1 Å². The summed E-state index contributed by atoms with van der Waals surface area (Å²) < 4.78 is 55.0. The molecule has 10 heteroatoms. The van der Waals surface area contributed by atoms with Crippen molar-refractivity contribution in [2.75, 3.05) is 23.1 Å². The molecule has 0 unspecified atom stereocenters. The molecule has 4 rings (SSSR count). The van der Waals surface area contributed by atoms with E-state index in [9.17, 15) is 21.6 Å². The maximum absolute atomic E-state index is 12.9. The van der Waals surface area contributed by atoms with Gasteiger partial charge in [0.15, 0.2) is 0 Å². The van der Waals surface area contributed by atoms with E-state index in [-0.39, 0.29) is 21.0 Å². The lowest BCUT2D eigenvalue weighted by Crippen LogP contribution is -2.31. The van der Waals surface area contributed by atoms with Crippen LogP contribution in [0.25, 0.3) is 0 Å². The van der Waals surface area contributed by atoms with Crippen LogP contribution in [0.1, 0.15) is 36.0 Å². The second-order valence-corrected chi connectivity index (χ2v) is 11.9. The number of hydrogen-bond acceptors (Lipinski definition) is 5. The molecular weight excluding hydrogens is 486 g/mol. The van der Waals surface area contributed by atoms with Gasteiger partial charge in [-0.25, -0.2) is 16.8 Å². The molecule has 0 radical (unpaired) electrons. The van der Waals surface area contributed by atoms with Crippen LogP contribution in [0.15, 0.2) is 88.7 Å². The van der Waals surface area contributed by atoms with Gasteiger partial charge in [-0.3, -0.25) is 9.52 Å². The molecule has 1 aliphatic heterocycles. The SMILES string of the molecule is O=C(Nc1ccc(S(=O)(=O)N2CCCCCC2)cc1)c1cccc(NS(=O)(=O)c2ccccc2)c1. The zero-order valence-electron chi connectivity index (χ0n) is 19.1. The quantitative estimate of drug-likeness (QED) is 0.489. The summed E-state index contributed by atoms with van der Waals surface area (Å²) in [6.45, 7) is 1.04. The molecule has 3 aromatic carbocycles. The number of benzene rings is 3. The molecule has 0 spiro atoms. The van der Waals surface area contributed by atoms with E-state index >= 15 is 0 Å². The molecule has 35 heavy (non-hydrogen) atoms. The van der Waals surface area contributed by atoms with Crippen LogP contribution in [0.4, 0.5) is 11.4 Å². The molecule has 1 amide bonds. The highest BCUT2D eigenvalue weighted by atomic mass is 32.2. The van der Waals surface area contributed by atoms with Crippen LogP contribution in [-0.4, -0.2) is 40.1 Å². The highest BCUT2D eigenvalue weighted by Gasteiger charge is 2.25. The van der Waals surface area contributed by atoms with Gasteiger partial charge in [-0.15, -0.1) is 0 Å². The van der Waals surface area contributed by atoms with Gasteiger partial charge in [0.2, 0.25) is 10.0 Å². The lowest BCUT2D eigenvalue weighted by Gasteiger charge is -2.20. The fourth-order valence-corrected chi connectivity index (χ4v) is 6.47. The fourth-order valence-electron chi connectivity index (χ4n) is 3.88. The third kappa shape index (κ3) is 6.08. The molecule has 0 aliphatic carbocycles. The van der Waals surface area contributed by atoms with E-state index < -0.39 is 26.0 Å². The first kappa shape index (κ1) is 24.9. The van der Waals surface area contributed by atoms with E-state index in [0.717, 1.165) is 25.7 Å². The smallest absolute Gasteiger partial charge is 0.261 e.